The zero-order chi connectivity index (χ0) is 11.4. The van der Waals surface area contributed by atoms with Crippen LogP contribution >= 0.6 is 0 Å². The molecule has 0 aromatic rings. The van der Waals surface area contributed by atoms with Crippen LogP contribution in [0.1, 0.15) is 20.3 Å². The number of sulfonamides is 1. The normalized spacial score (nSPS) is 15.5. The van der Waals surface area contributed by atoms with Crippen molar-refractivity contribution in [2.75, 3.05) is 12.9 Å². The quantitative estimate of drug-likeness (QED) is 0.555. The van der Waals surface area contributed by atoms with E-state index in [2.05, 4.69) is 4.72 Å². The molecule has 5 nitrogen and oxygen atoms in total. The van der Waals surface area contributed by atoms with E-state index in [1.54, 1.807) is 20.3 Å². The highest BCUT2D eigenvalue weighted by Gasteiger charge is 2.23. The van der Waals surface area contributed by atoms with Gasteiger partial charge in [0.25, 0.3) is 0 Å². The van der Waals surface area contributed by atoms with Crippen LogP contribution in [0.4, 0.5) is 0 Å². The lowest BCUT2D eigenvalue weighted by Crippen LogP contribution is -2.43. The fraction of sp³-hybridized carbons (Fsp3) is 0.875. The molecular formula is C8H18NO4S. The van der Waals surface area contributed by atoms with Crippen molar-refractivity contribution in [2.45, 2.75) is 31.9 Å². The van der Waals surface area contributed by atoms with E-state index in [-0.39, 0.29) is 13.0 Å². The highest BCUT2D eigenvalue weighted by atomic mass is 32.2. The molecule has 0 aliphatic carbocycles. The fourth-order valence-electron chi connectivity index (χ4n) is 1.02. The molecule has 14 heavy (non-hydrogen) atoms. The van der Waals surface area contributed by atoms with Crippen LogP contribution in [0.15, 0.2) is 0 Å². The molecule has 0 saturated heterocycles. The summed E-state index contributed by atoms with van der Waals surface area (Å²) in [7, 11) is -3.26. The number of aliphatic hydroxyl groups excluding tert-OH is 2. The molecule has 1 radical (unpaired) electrons. The Kier molecular flexibility index (Phi) is 5.00. The Bertz CT molecular complexity index is 261. The van der Waals surface area contributed by atoms with Crippen LogP contribution in [-0.4, -0.2) is 43.1 Å². The van der Waals surface area contributed by atoms with Crippen molar-refractivity contribution in [2.24, 2.45) is 0 Å². The van der Waals surface area contributed by atoms with E-state index in [9.17, 15) is 8.42 Å². The summed E-state index contributed by atoms with van der Waals surface area (Å²) in [6.07, 6.45) is 2.10. The summed E-state index contributed by atoms with van der Waals surface area (Å²) >= 11 is 0. The molecule has 0 spiro atoms. The van der Waals surface area contributed by atoms with Crippen molar-refractivity contribution in [3.05, 3.63) is 6.42 Å². The van der Waals surface area contributed by atoms with Crippen LogP contribution in [0.3, 0.4) is 0 Å². The first kappa shape index (κ1) is 13.8. The molecule has 0 fully saturated rings. The molecule has 0 aromatic heterocycles. The Morgan fingerprint density at radius 2 is 2.00 bits per heavy atom. The number of aliphatic hydroxyl groups is 2. The molecule has 0 heterocycles. The Morgan fingerprint density at radius 1 is 1.50 bits per heavy atom. The number of hydrogen-bond donors (Lipinski definition) is 3. The second-order valence-corrected chi connectivity index (χ2v) is 5.62. The Morgan fingerprint density at radius 3 is 2.36 bits per heavy atom. The van der Waals surface area contributed by atoms with Gasteiger partial charge in [-0.2, -0.15) is 0 Å². The number of nitrogens with one attached hydrogen (secondary N) is 1. The maximum atomic E-state index is 10.9. The molecule has 3 N–H and O–H groups in total. The number of rotatable bonds is 6. The molecule has 0 aliphatic rings. The van der Waals surface area contributed by atoms with Gasteiger partial charge in [0.15, 0.2) is 0 Å². The van der Waals surface area contributed by atoms with Crippen LogP contribution in [0.25, 0.3) is 0 Å². The lowest BCUT2D eigenvalue weighted by Gasteiger charge is -2.25. The molecule has 85 valence electrons. The van der Waals surface area contributed by atoms with Gasteiger partial charge in [0, 0.05) is 5.54 Å². The van der Waals surface area contributed by atoms with Gasteiger partial charge >= 0.3 is 0 Å². The van der Waals surface area contributed by atoms with Gasteiger partial charge < -0.3 is 10.2 Å². The van der Waals surface area contributed by atoms with Crippen molar-refractivity contribution in [1.29, 1.82) is 0 Å². The summed E-state index contributed by atoms with van der Waals surface area (Å²) in [5.41, 5.74) is -0.719. The van der Waals surface area contributed by atoms with E-state index < -0.39 is 21.7 Å². The smallest absolute Gasteiger partial charge is 0.209 e. The largest absolute Gasteiger partial charge is 0.394 e. The van der Waals surface area contributed by atoms with Gasteiger partial charge in [-0.15, -0.1) is 0 Å². The molecule has 0 bridgehead atoms. The van der Waals surface area contributed by atoms with Gasteiger partial charge in [-0.25, -0.2) is 13.1 Å². The first-order chi connectivity index (χ1) is 6.16. The molecule has 0 rings (SSSR count). The van der Waals surface area contributed by atoms with Gasteiger partial charge in [-0.3, -0.25) is 0 Å². The summed E-state index contributed by atoms with van der Waals surface area (Å²) in [4.78, 5) is 0. The summed E-state index contributed by atoms with van der Waals surface area (Å²) in [6.45, 7) is 3.03. The Labute approximate surface area is 85.2 Å². The Hall–Kier alpha value is -0.170. The molecule has 6 heteroatoms. The maximum absolute atomic E-state index is 10.9. The highest BCUT2D eigenvalue weighted by Crippen LogP contribution is 2.12. The van der Waals surface area contributed by atoms with Gasteiger partial charge in [-0.05, 0) is 26.7 Å². The fourth-order valence-corrected chi connectivity index (χ4v) is 2.06. The van der Waals surface area contributed by atoms with Gasteiger partial charge in [0.2, 0.25) is 10.0 Å². The average molecular weight is 224 g/mol. The molecule has 1 unspecified atom stereocenters. The third-order valence-electron chi connectivity index (χ3n) is 1.56. The second kappa shape index (κ2) is 5.06. The lowest BCUT2D eigenvalue weighted by atomic mass is 9.98. The van der Waals surface area contributed by atoms with E-state index in [0.717, 1.165) is 6.26 Å². The van der Waals surface area contributed by atoms with E-state index in [1.807, 2.05) is 0 Å². The maximum Gasteiger partial charge on any atom is 0.209 e. The topological polar surface area (TPSA) is 86.6 Å². The first-order valence-corrected chi connectivity index (χ1v) is 6.17. The Balaban J connectivity index is 4.08. The van der Waals surface area contributed by atoms with E-state index in [4.69, 9.17) is 10.2 Å². The molecule has 0 saturated carbocycles. The van der Waals surface area contributed by atoms with Crippen molar-refractivity contribution in [3.63, 3.8) is 0 Å². The van der Waals surface area contributed by atoms with E-state index >= 15 is 0 Å². The second-order valence-electron chi connectivity index (χ2n) is 3.87. The van der Waals surface area contributed by atoms with Crippen LogP contribution in [0, 0.1) is 6.42 Å². The summed E-state index contributed by atoms with van der Waals surface area (Å²) in [6, 6.07) is 0. The molecule has 0 amide bonds. The van der Waals surface area contributed by atoms with Crippen LogP contribution < -0.4 is 4.72 Å². The minimum atomic E-state index is -3.26. The lowest BCUT2D eigenvalue weighted by molar-refractivity contribution is 0.0919. The minimum Gasteiger partial charge on any atom is -0.394 e. The molecule has 0 aliphatic heterocycles. The summed E-state index contributed by atoms with van der Waals surface area (Å²) in [5, 5.41) is 17.6. The van der Waals surface area contributed by atoms with Crippen molar-refractivity contribution in [3.8, 4) is 0 Å². The molecule has 0 aromatic carbocycles. The summed E-state index contributed by atoms with van der Waals surface area (Å²) < 4.78 is 24.2. The highest BCUT2D eigenvalue weighted by molar-refractivity contribution is 7.88. The van der Waals surface area contributed by atoms with Crippen molar-refractivity contribution in [1.82, 2.24) is 4.72 Å². The predicted molar refractivity (Wildman–Crippen MR) is 54.1 cm³/mol. The standard InChI is InChI=1S/C8H18NO4S/c1-8(2,9-14(3,12)13)5-4-7(11)6-10/h5,7,9-11H,4,6H2,1-3H3. The zero-order valence-corrected chi connectivity index (χ0v) is 9.50. The van der Waals surface area contributed by atoms with Gasteiger partial charge in [-0.1, -0.05) is 0 Å². The van der Waals surface area contributed by atoms with Crippen LogP contribution in [-0.2, 0) is 10.0 Å². The van der Waals surface area contributed by atoms with Crippen LogP contribution in [0.2, 0.25) is 0 Å². The van der Waals surface area contributed by atoms with E-state index in [1.165, 1.54) is 0 Å². The SMILES string of the molecule is CC(C)([CH]CC(O)CO)NS(C)(=O)=O. The van der Waals surface area contributed by atoms with Crippen molar-refractivity contribution < 1.29 is 18.6 Å². The zero-order valence-electron chi connectivity index (χ0n) is 8.69. The molecule has 1 atom stereocenters. The predicted octanol–water partition coefficient (Wildman–Crippen LogP) is -0.738. The number of hydrogen-bond acceptors (Lipinski definition) is 4. The summed E-state index contributed by atoms with van der Waals surface area (Å²) in [5.74, 6) is 0. The monoisotopic (exact) mass is 224 g/mol. The van der Waals surface area contributed by atoms with Crippen molar-refractivity contribution >= 4 is 10.0 Å². The average Bonchev–Trinajstić information content (AvgIpc) is 1.96. The third kappa shape index (κ3) is 7.25. The van der Waals surface area contributed by atoms with E-state index in [0.29, 0.717) is 0 Å². The van der Waals surface area contributed by atoms with Gasteiger partial charge in [0.05, 0.1) is 19.0 Å². The van der Waals surface area contributed by atoms with Gasteiger partial charge in [0.1, 0.15) is 0 Å². The minimum absolute atomic E-state index is 0.242. The third-order valence-corrected chi connectivity index (χ3v) is 2.46. The molecular weight excluding hydrogens is 206 g/mol. The van der Waals surface area contributed by atoms with Crippen LogP contribution in [0.5, 0.6) is 0 Å². The first-order valence-electron chi connectivity index (χ1n) is 4.28.